The Kier molecular flexibility index (Phi) is 14.5. The van der Waals surface area contributed by atoms with Crippen molar-refractivity contribution in [1.82, 2.24) is 19.9 Å². The molecule has 0 bridgehead atoms. The quantitative estimate of drug-likeness (QED) is 0.221. The molecule has 0 fully saturated rings. The Bertz CT molecular complexity index is 813. The van der Waals surface area contributed by atoms with Crippen LogP contribution in [0.15, 0.2) is 23.3 Å². The molecule has 2 rings (SSSR count). The summed E-state index contributed by atoms with van der Waals surface area (Å²) in [5.74, 6) is -0.586. The molecule has 0 aliphatic carbocycles. The number of carbonyl (C=O) groups is 1. The summed E-state index contributed by atoms with van der Waals surface area (Å²) in [5, 5.41) is 8.51. The summed E-state index contributed by atoms with van der Waals surface area (Å²) >= 11 is 0. The number of anilines is 1. The lowest BCUT2D eigenvalue weighted by atomic mass is 10.1. The number of aromatic nitrogens is 4. The number of aliphatic carboxylic acids is 1. The van der Waals surface area contributed by atoms with Crippen LogP contribution in [-0.2, 0) is 4.79 Å². The van der Waals surface area contributed by atoms with E-state index in [-0.39, 0.29) is 11.5 Å². The number of carboxylic acid groups (broad SMARTS) is 1. The number of aromatic amines is 2. The lowest BCUT2D eigenvalue weighted by Crippen LogP contribution is -2.10. The molecular formula is C23H39N5O3. The second-order valence-corrected chi connectivity index (χ2v) is 7.78. The summed E-state index contributed by atoms with van der Waals surface area (Å²) in [7, 11) is 0. The van der Waals surface area contributed by atoms with Gasteiger partial charge >= 0.3 is 5.97 Å². The van der Waals surface area contributed by atoms with Crippen LogP contribution in [0.1, 0.15) is 96.8 Å². The Morgan fingerprint density at radius 3 is 2.19 bits per heavy atom. The normalized spacial score (nSPS) is 11.0. The summed E-state index contributed by atoms with van der Waals surface area (Å²) in [5.41, 5.74) is 5.65. The molecule has 174 valence electrons. The fourth-order valence-corrected chi connectivity index (χ4v) is 3.21. The molecule has 8 heteroatoms. The number of imidazole rings is 1. The second kappa shape index (κ2) is 17.1. The Morgan fingerprint density at radius 2 is 1.58 bits per heavy atom. The van der Waals surface area contributed by atoms with Gasteiger partial charge in [0.2, 0.25) is 5.95 Å². The minimum absolute atomic E-state index is 0.0783. The fourth-order valence-electron chi connectivity index (χ4n) is 3.21. The van der Waals surface area contributed by atoms with Crippen molar-refractivity contribution in [2.24, 2.45) is 0 Å². The number of nitrogens with zero attached hydrogens (tertiary/aromatic N) is 2. The third kappa shape index (κ3) is 13.3. The van der Waals surface area contributed by atoms with Gasteiger partial charge in [0.1, 0.15) is 0 Å². The van der Waals surface area contributed by atoms with E-state index < -0.39 is 5.97 Å². The first-order valence-electron chi connectivity index (χ1n) is 11.6. The van der Waals surface area contributed by atoms with E-state index >= 15 is 0 Å². The van der Waals surface area contributed by atoms with Crippen molar-refractivity contribution in [2.75, 3.05) is 5.73 Å². The van der Waals surface area contributed by atoms with Gasteiger partial charge in [-0.1, -0.05) is 70.4 Å². The maximum absolute atomic E-state index is 11.0. The number of nitrogens with one attached hydrogen (secondary N) is 2. The predicted octanol–water partition coefficient (Wildman–Crippen LogP) is 5.34. The summed E-state index contributed by atoms with van der Waals surface area (Å²) in [4.78, 5) is 33.9. The van der Waals surface area contributed by atoms with E-state index in [4.69, 9.17) is 10.8 Å². The molecule has 0 saturated carbocycles. The van der Waals surface area contributed by atoms with Crippen molar-refractivity contribution in [3.63, 3.8) is 0 Å². The maximum atomic E-state index is 11.0. The largest absolute Gasteiger partial charge is 0.481 e. The summed E-state index contributed by atoms with van der Waals surface area (Å²) < 4.78 is 0. The van der Waals surface area contributed by atoms with E-state index in [1.807, 2.05) is 0 Å². The van der Waals surface area contributed by atoms with Crippen LogP contribution in [0.25, 0.3) is 11.2 Å². The van der Waals surface area contributed by atoms with Gasteiger partial charge in [-0.2, -0.15) is 4.98 Å². The summed E-state index contributed by atoms with van der Waals surface area (Å²) in [6.45, 7) is 2.26. The number of nitrogen functional groups attached to an aromatic ring is 1. The number of nitrogens with two attached hydrogens (primary N) is 1. The number of hydrogen-bond donors (Lipinski definition) is 4. The number of unbranched alkanes of at least 4 members (excludes halogenated alkanes) is 11. The van der Waals surface area contributed by atoms with E-state index in [0.29, 0.717) is 17.6 Å². The number of hydrogen-bond acceptors (Lipinski definition) is 5. The van der Waals surface area contributed by atoms with Crippen LogP contribution in [0.5, 0.6) is 0 Å². The van der Waals surface area contributed by atoms with E-state index in [0.717, 1.165) is 12.8 Å². The van der Waals surface area contributed by atoms with Crippen LogP contribution in [-0.4, -0.2) is 31.0 Å². The number of H-pyrrole nitrogens is 2. The van der Waals surface area contributed by atoms with Gasteiger partial charge in [0, 0.05) is 6.42 Å². The van der Waals surface area contributed by atoms with E-state index in [2.05, 4.69) is 39.0 Å². The third-order valence-corrected chi connectivity index (χ3v) is 4.97. The van der Waals surface area contributed by atoms with Gasteiger partial charge in [-0.3, -0.25) is 14.6 Å². The molecule has 0 atom stereocenters. The molecule has 0 amide bonds. The van der Waals surface area contributed by atoms with Gasteiger partial charge in [-0.05, 0) is 32.1 Å². The smallest absolute Gasteiger partial charge is 0.303 e. The summed E-state index contributed by atoms with van der Waals surface area (Å²) in [6, 6.07) is 0. The number of allylic oxidation sites excluding steroid dienone is 2. The molecule has 0 spiro atoms. The van der Waals surface area contributed by atoms with E-state index in [9.17, 15) is 9.59 Å². The molecule has 0 aromatic carbocycles. The molecule has 2 aromatic heterocycles. The Balaban J connectivity index is 0.000000361. The molecule has 0 unspecified atom stereocenters. The highest BCUT2D eigenvalue weighted by Crippen LogP contribution is 2.09. The monoisotopic (exact) mass is 433 g/mol. The average Bonchev–Trinajstić information content (AvgIpc) is 3.20. The van der Waals surface area contributed by atoms with Gasteiger partial charge in [0.25, 0.3) is 5.56 Å². The van der Waals surface area contributed by atoms with Crippen LogP contribution in [0.3, 0.4) is 0 Å². The standard InChI is InChI=1S/C18H34O2.C5H5N5O/c1-2-3-4-5-6-7-8-9-10-11-12-13-14-15-16-17-18(19)20;6-5-9-3-2(4(11)10-5)7-1-8-3/h9-10H,2-8,11-17H2,1H3,(H,19,20);1H,(H4,6,7,8,9,10,11)/b10-9-;. The SMILES string of the molecule is CCCCCCCC/C=C\CCCCCCCC(=O)O.Nc1nc2nc[nH]c2c(=O)[nH]1. The van der Waals surface area contributed by atoms with Gasteiger partial charge < -0.3 is 15.8 Å². The molecule has 5 N–H and O–H groups in total. The first-order valence-corrected chi connectivity index (χ1v) is 11.6. The molecule has 8 nitrogen and oxygen atoms in total. The second-order valence-electron chi connectivity index (χ2n) is 7.78. The highest BCUT2D eigenvalue weighted by Gasteiger charge is 2.01. The average molecular weight is 434 g/mol. The maximum Gasteiger partial charge on any atom is 0.303 e. The predicted molar refractivity (Wildman–Crippen MR) is 126 cm³/mol. The van der Waals surface area contributed by atoms with Gasteiger partial charge in [0.15, 0.2) is 11.2 Å². The molecular weight excluding hydrogens is 394 g/mol. The highest BCUT2D eigenvalue weighted by molar-refractivity contribution is 5.69. The van der Waals surface area contributed by atoms with Gasteiger partial charge in [0.05, 0.1) is 6.33 Å². The molecule has 0 aliphatic rings. The first kappa shape index (κ1) is 26.4. The van der Waals surface area contributed by atoms with Crippen molar-refractivity contribution >= 4 is 23.1 Å². The number of carboxylic acids is 1. The van der Waals surface area contributed by atoms with Crippen LogP contribution < -0.4 is 11.3 Å². The Hall–Kier alpha value is -2.64. The highest BCUT2D eigenvalue weighted by atomic mass is 16.4. The van der Waals surface area contributed by atoms with E-state index in [1.54, 1.807) is 0 Å². The zero-order valence-electron chi connectivity index (χ0n) is 18.9. The minimum Gasteiger partial charge on any atom is -0.481 e. The molecule has 0 radical (unpaired) electrons. The number of fused-ring (bicyclic) bond motifs is 1. The lowest BCUT2D eigenvalue weighted by molar-refractivity contribution is -0.137. The third-order valence-electron chi connectivity index (χ3n) is 4.97. The zero-order valence-corrected chi connectivity index (χ0v) is 18.9. The van der Waals surface area contributed by atoms with Crippen LogP contribution in [0.4, 0.5) is 5.95 Å². The van der Waals surface area contributed by atoms with Gasteiger partial charge in [-0.15, -0.1) is 0 Å². The topological polar surface area (TPSA) is 138 Å². The van der Waals surface area contributed by atoms with Crippen LogP contribution in [0.2, 0.25) is 0 Å². The molecule has 2 heterocycles. The van der Waals surface area contributed by atoms with Gasteiger partial charge in [-0.25, -0.2) is 4.98 Å². The molecule has 0 aliphatic heterocycles. The van der Waals surface area contributed by atoms with Crippen molar-refractivity contribution in [2.45, 2.75) is 96.8 Å². The van der Waals surface area contributed by atoms with Crippen molar-refractivity contribution < 1.29 is 9.90 Å². The number of rotatable bonds is 15. The Labute approximate surface area is 184 Å². The van der Waals surface area contributed by atoms with Crippen molar-refractivity contribution in [3.05, 3.63) is 28.8 Å². The zero-order chi connectivity index (χ0) is 22.7. The minimum atomic E-state index is -0.664. The van der Waals surface area contributed by atoms with Crippen LogP contribution in [0, 0.1) is 0 Å². The molecule has 2 aromatic rings. The summed E-state index contributed by atoms with van der Waals surface area (Å²) in [6.07, 6.45) is 22.6. The lowest BCUT2D eigenvalue weighted by Gasteiger charge is -1.99. The molecule has 31 heavy (non-hydrogen) atoms. The van der Waals surface area contributed by atoms with Crippen molar-refractivity contribution in [3.8, 4) is 0 Å². The van der Waals surface area contributed by atoms with E-state index in [1.165, 1.54) is 77.0 Å². The Morgan fingerprint density at radius 1 is 1.00 bits per heavy atom. The van der Waals surface area contributed by atoms with Crippen LogP contribution >= 0.6 is 0 Å². The molecule has 0 saturated heterocycles. The fraction of sp³-hybridized carbons (Fsp3) is 0.652. The van der Waals surface area contributed by atoms with Crippen molar-refractivity contribution in [1.29, 1.82) is 0 Å². The first-order chi connectivity index (χ1) is 15.0.